The van der Waals surface area contributed by atoms with Crippen molar-refractivity contribution in [2.75, 3.05) is 5.32 Å². The number of thiophene rings is 1. The lowest BCUT2D eigenvalue weighted by molar-refractivity contribution is -0.148. The van der Waals surface area contributed by atoms with Gasteiger partial charge in [-0.05, 0) is 74.0 Å². The number of aryl methyl sites for hydroxylation is 1. The summed E-state index contributed by atoms with van der Waals surface area (Å²) in [5.74, 6) is -2.25. The smallest absolute Gasteiger partial charge is 0.307 e. The fourth-order valence-corrected chi connectivity index (χ4v) is 7.35. The van der Waals surface area contributed by atoms with Gasteiger partial charge in [-0.2, -0.15) is 0 Å². The van der Waals surface area contributed by atoms with Crippen LogP contribution in [0, 0.1) is 23.7 Å². The maximum atomic E-state index is 13.3. The molecule has 0 unspecified atom stereocenters. The predicted octanol–water partition coefficient (Wildman–Crippen LogP) is 4.03. The fraction of sp³-hybridized carbons (Fsp3) is 0.520. The van der Waals surface area contributed by atoms with Gasteiger partial charge < -0.3 is 15.7 Å². The Balaban J connectivity index is 1.40. The lowest BCUT2D eigenvalue weighted by Crippen LogP contribution is -2.38. The van der Waals surface area contributed by atoms with Crippen molar-refractivity contribution in [1.82, 2.24) is 10.3 Å². The lowest BCUT2D eigenvalue weighted by atomic mass is 9.78. The second kappa shape index (κ2) is 9.25. The molecular weight excluding hydrogens is 438 g/mol. The molecule has 0 aliphatic heterocycles. The molecule has 0 saturated heterocycles. The van der Waals surface area contributed by atoms with Crippen LogP contribution in [0.25, 0.3) is 0 Å². The molecular formula is C25H29N3O4S. The molecule has 2 fully saturated rings. The first-order chi connectivity index (χ1) is 16.0. The second-order valence-corrected chi connectivity index (χ2v) is 10.6. The zero-order valence-corrected chi connectivity index (χ0v) is 19.3. The van der Waals surface area contributed by atoms with E-state index in [1.807, 2.05) is 12.1 Å². The number of hydrogen-bond donors (Lipinski definition) is 3. The van der Waals surface area contributed by atoms with Crippen LogP contribution in [0.4, 0.5) is 5.00 Å². The molecule has 2 heterocycles. The third-order valence-corrected chi connectivity index (χ3v) is 8.77. The Morgan fingerprint density at radius 2 is 1.88 bits per heavy atom. The number of fused-ring (bicyclic) bond motifs is 3. The molecule has 0 spiro atoms. The number of pyridine rings is 1. The Labute approximate surface area is 197 Å². The summed E-state index contributed by atoms with van der Waals surface area (Å²) in [4.78, 5) is 43.8. The van der Waals surface area contributed by atoms with E-state index in [9.17, 15) is 19.5 Å². The first kappa shape index (κ1) is 22.1. The zero-order valence-electron chi connectivity index (χ0n) is 18.5. The molecule has 3 aliphatic carbocycles. The minimum atomic E-state index is -0.876. The topological polar surface area (TPSA) is 108 Å². The van der Waals surface area contributed by atoms with Crippen molar-refractivity contribution in [2.45, 2.75) is 57.9 Å². The molecule has 0 aromatic carbocycles. The van der Waals surface area contributed by atoms with Crippen LogP contribution in [0.1, 0.15) is 64.9 Å². The molecule has 174 valence electrons. The molecule has 2 aromatic heterocycles. The summed E-state index contributed by atoms with van der Waals surface area (Å²) in [6.07, 6.45) is 11.0. The minimum absolute atomic E-state index is 0.0885. The molecule has 2 saturated carbocycles. The maximum absolute atomic E-state index is 13.3. The van der Waals surface area contributed by atoms with E-state index in [0.29, 0.717) is 17.1 Å². The van der Waals surface area contributed by atoms with Crippen molar-refractivity contribution in [3.8, 4) is 0 Å². The normalized spacial score (nSPS) is 25.8. The zero-order chi connectivity index (χ0) is 22.9. The highest BCUT2D eigenvalue weighted by Crippen LogP contribution is 2.53. The van der Waals surface area contributed by atoms with E-state index < -0.39 is 17.8 Å². The van der Waals surface area contributed by atoms with Gasteiger partial charge in [0.1, 0.15) is 5.00 Å². The van der Waals surface area contributed by atoms with Crippen molar-refractivity contribution in [2.24, 2.45) is 23.7 Å². The van der Waals surface area contributed by atoms with E-state index >= 15 is 0 Å². The summed E-state index contributed by atoms with van der Waals surface area (Å²) in [5, 5.41) is 16.3. The summed E-state index contributed by atoms with van der Waals surface area (Å²) in [5.41, 5.74) is 2.51. The van der Waals surface area contributed by atoms with Crippen LogP contribution >= 0.6 is 11.3 Å². The molecule has 2 bridgehead atoms. The molecule has 5 rings (SSSR count). The number of carboxylic acid groups (broad SMARTS) is 1. The number of hydrogen-bond acceptors (Lipinski definition) is 5. The number of nitrogens with zero attached hydrogens (tertiary/aromatic N) is 1. The van der Waals surface area contributed by atoms with Crippen molar-refractivity contribution in [3.63, 3.8) is 0 Å². The first-order valence-corrected chi connectivity index (χ1v) is 12.7. The van der Waals surface area contributed by atoms with Gasteiger partial charge in [0.2, 0.25) is 5.91 Å². The van der Waals surface area contributed by atoms with Crippen molar-refractivity contribution < 1.29 is 19.5 Å². The average molecular weight is 468 g/mol. The number of anilines is 1. The van der Waals surface area contributed by atoms with Gasteiger partial charge in [0.15, 0.2) is 0 Å². The van der Waals surface area contributed by atoms with Gasteiger partial charge in [-0.1, -0.05) is 12.5 Å². The Kier molecular flexibility index (Phi) is 6.19. The quantitative estimate of drug-likeness (QED) is 0.556. The lowest BCUT2D eigenvalue weighted by Gasteiger charge is -2.27. The molecule has 7 nitrogen and oxygen atoms in total. The minimum Gasteiger partial charge on any atom is -0.481 e. The van der Waals surface area contributed by atoms with Gasteiger partial charge >= 0.3 is 5.97 Å². The van der Waals surface area contributed by atoms with Crippen LogP contribution in [0.3, 0.4) is 0 Å². The molecule has 4 atom stereocenters. The number of aromatic nitrogens is 1. The van der Waals surface area contributed by atoms with Crippen LogP contribution in [-0.2, 0) is 29.0 Å². The van der Waals surface area contributed by atoms with Crippen molar-refractivity contribution in [1.29, 1.82) is 0 Å². The summed E-state index contributed by atoms with van der Waals surface area (Å²) in [7, 11) is 0. The number of carbonyl (C=O) groups is 3. The summed E-state index contributed by atoms with van der Waals surface area (Å²) < 4.78 is 0. The monoisotopic (exact) mass is 467 g/mol. The van der Waals surface area contributed by atoms with Crippen LogP contribution < -0.4 is 10.6 Å². The number of carbonyl (C=O) groups excluding carboxylic acids is 2. The Morgan fingerprint density at radius 1 is 1.09 bits per heavy atom. The standard InChI is InChI=1S/C25H29N3O4S/c29-22(27-13-14-5-4-10-26-12-14)21-17-6-2-1-3-7-18(17)33-24(21)28-23(30)19-15-8-9-16(11-15)20(19)25(31)32/h4-5,10,12,15-16,19-20H,1-3,6-9,11,13H2,(H,27,29)(H,28,30)(H,31,32)/t15-,16-,19+,20+/m0/s1. The van der Waals surface area contributed by atoms with E-state index in [1.54, 1.807) is 12.4 Å². The molecule has 3 N–H and O–H groups in total. The predicted molar refractivity (Wildman–Crippen MR) is 125 cm³/mol. The third kappa shape index (κ3) is 4.28. The third-order valence-electron chi connectivity index (χ3n) is 7.57. The Morgan fingerprint density at radius 3 is 2.64 bits per heavy atom. The highest BCUT2D eigenvalue weighted by molar-refractivity contribution is 7.17. The Hall–Kier alpha value is -2.74. The van der Waals surface area contributed by atoms with Crippen LogP contribution in [0.15, 0.2) is 24.5 Å². The summed E-state index contributed by atoms with van der Waals surface area (Å²) in [6.45, 7) is 0.359. The van der Waals surface area contributed by atoms with Crippen LogP contribution in [-0.4, -0.2) is 27.9 Å². The maximum Gasteiger partial charge on any atom is 0.307 e. The molecule has 2 amide bonds. The number of amides is 2. The molecule has 0 radical (unpaired) electrons. The Bertz CT molecular complexity index is 1070. The largest absolute Gasteiger partial charge is 0.481 e. The van der Waals surface area contributed by atoms with Gasteiger partial charge in [0.25, 0.3) is 5.91 Å². The molecule has 2 aromatic rings. The average Bonchev–Trinajstić information content (AvgIpc) is 3.47. The van der Waals surface area contributed by atoms with E-state index in [0.717, 1.165) is 67.4 Å². The van der Waals surface area contributed by atoms with Crippen LogP contribution in [0.5, 0.6) is 0 Å². The van der Waals surface area contributed by atoms with Crippen molar-refractivity contribution in [3.05, 3.63) is 46.1 Å². The summed E-state index contributed by atoms with van der Waals surface area (Å²) >= 11 is 1.49. The molecule has 3 aliphatic rings. The van der Waals surface area contributed by atoms with Gasteiger partial charge in [-0.3, -0.25) is 19.4 Å². The van der Waals surface area contributed by atoms with Crippen LogP contribution in [0.2, 0.25) is 0 Å². The van der Waals surface area contributed by atoms with Gasteiger partial charge in [-0.25, -0.2) is 0 Å². The van der Waals surface area contributed by atoms with Crippen molar-refractivity contribution >= 4 is 34.1 Å². The fourth-order valence-electron chi connectivity index (χ4n) is 6.06. The second-order valence-electron chi connectivity index (χ2n) is 9.52. The SMILES string of the molecule is O=C(NCc1cccnc1)c1c(NC(=O)[C@@H]2[C@H]3CC[C@@H](C3)[C@H]2C(=O)O)sc2c1CCCCC2. The molecule has 33 heavy (non-hydrogen) atoms. The van der Waals surface area contributed by atoms with E-state index in [-0.39, 0.29) is 23.7 Å². The number of aliphatic carboxylic acids is 1. The molecule has 8 heteroatoms. The highest BCUT2D eigenvalue weighted by Gasteiger charge is 2.54. The number of rotatable bonds is 6. The highest BCUT2D eigenvalue weighted by atomic mass is 32.1. The van der Waals surface area contributed by atoms with E-state index in [2.05, 4.69) is 15.6 Å². The van der Waals surface area contributed by atoms with Gasteiger partial charge in [0.05, 0.1) is 17.4 Å². The first-order valence-electron chi connectivity index (χ1n) is 11.9. The van der Waals surface area contributed by atoms with Gasteiger partial charge in [-0.15, -0.1) is 11.3 Å². The number of carboxylic acids is 1. The number of nitrogens with one attached hydrogen (secondary N) is 2. The van der Waals surface area contributed by atoms with E-state index in [4.69, 9.17) is 0 Å². The van der Waals surface area contributed by atoms with Gasteiger partial charge in [0, 0.05) is 23.8 Å². The van der Waals surface area contributed by atoms with E-state index in [1.165, 1.54) is 11.3 Å². The summed E-state index contributed by atoms with van der Waals surface area (Å²) in [6, 6.07) is 3.74.